The minimum absolute atomic E-state index is 0.814. The number of amides is 5. The van der Waals surface area contributed by atoms with Gasteiger partial charge in [0, 0.05) is 41.0 Å². The Morgan fingerprint density at radius 3 is 1.01 bits per heavy atom. The Bertz CT molecular complexity index is 3680. The summed E-state index contributed by atoms with van der Waals surface area (Å²) in [5.41, 5.74) is 0. The standard InChI is InChI=1S/C73H121N5O54/c1-17(87)74-33-22(92)6-73(72(112)113,132-59(33)38(94)23(93)7-79)115-16-32-42(98)49(105)53(109)68(124-32)127-57-29(13-85)121-65(36(46(57)102)77-20(4)90)130-61-50(106)40(96)25(9-81)118-70(61)114-15-31-43(99)60(54(110)69(123-31)128-58-30(14-86)120-64(35(45(58)101)76-19(3)89)125-55-27(11-83)116-63(111)34(44(55)100)75-18(2)88)129-71-62(51(107)41(97)26(10-82)119-71)131-66-37(78-21(5)91)47(103)56(28(12-84)122-66)126-67-52(108)48(104)39(95)24(8-80)117-67/h22-71,79-86,92-111H,6-16H2,1-5H3,(H,74,87)(H,75,88)(H,76,89)(H,77,90)(H,78,91)(H,112,113)/t22-,23+,24+,25+,26+,27+,28+,29+,30+,31+,32+,33+,34+,35+,36+,37+,38+,39-,40+,41+,42-,43+,44+,45+,46+,47+,48-,49-,50-,51-,52+,53+,54-,55+,56+,57+,58+,59+,60-,61-,62-,63?,64-,65-,66-,67-,68-,69-,70-,71+,73+/m0/s1. The highest BCUT2D eigenvalue weighted by atomic mass is 16.8. The van der Waals surface area contributed by atoms with Gasteiger partial charge in [0.05, 0.1) is 78.2 Å². The van der Waals surface area contributed by atoms with Crippen molar-refractivity contribution in [2.75, 3.05) is 66.1 Å². The molecule has 762 valence electrons. The van der Waals surface area contributed by atoms with E-state index in [1.54, 1.807) is 0 Å². The lowest BCUT2D eigenvalue weighted by Gasteiger charge is -2.51. The molecule has 1 unspecified atom stereocenters. The molecular weight excluding hydrogens is 1810 g/mol. The zero-order valence-corrected chi connectivity index (χ0v) is 70.8. The molecule has 59 heteroatoms. The lowest BCUT2D eigenvalue weighted by molar-refractivity contribution is -0.399. The average molecular weight is 1930 g/mol. The van der Waals surface area contributed by atoms with Crippen molar-refractivity contribution in [3.05, 3.63) is 0 Å². The molecule has 132 heavy (non-hydrogen) atoms. The van der Waals surface area contributed by atoms with Gasteiger partial charge in [-0.2, -0.15) is 0 Å². The van der Waals surface area contributed by atoms with Crippen LogP contribution >= 0.6 is 0 Å². The number of nitrogens with one attached hydrogen (secondary N) is 5. The number of carboxylic acids is 1. The van der Waals surface area contributed by atoms with E-state index in [4.69, 9.17) is 90.0 Å². The van der Waals surface area contributed by atoms with Crippen molar-refractivity contribution >= 4 is 35.5 Å². The number of rotatable bonds is 36. The first-order chi connectivity index (χ1) is 62.3. The molecule has 0 saturated carbocycles. The predicted molar refractivity (Wildman–Crippen MR) is 405 cm³/mol. The molecule has 10 fully saturated rings. The second-order valence-electron chi connectivity index (χ2n) is 33.2. The van der Waals surface area contributed by atoms with Crippen LogP contribution in [0.25, 0.3) is 0 Å². The van der Waals surface area contributed by atoms with Crippen molar-refractivity contribution < 1.29 is 267 Å². The summed E-state index contributed by atoms with van der Waals surface area (Å²) in [6, 6.07) is -9.42. The molecule has 10 aliphatic heterocycles. The third-order valence-electron chi connectivity index (χ3n) is 23.8. The van der Waals surface area contributed by atoms with Gasteiger partial charge in [0.1, 0.15) is 238 Å². The van der Waals surface area contributed by atoms with Gasteiger partial charge >= 0.3 is 5.97 Å². The average Bonchev–Trinajstić information content (AvgIpc) is 0.769. The number of carboxylic acid groups (broad SMARTS) is 1. The molecule has 0 aromatic heterocycles. The molecular formula is C73H121N5O54. The van der Waals surface area contributed by atoms with Crippen LogP contribution in [-0.4, -0.2) is 562 Å². The second-order valence-corrected chi connectivity index (χ2v) is 33.2. The number of aliphatic hydroxyl groups excluding tert-OH is 28. The molecule has 0 aromatic rings. The summed E-state index contributed by atoms with van der Waals surface area (Å²) in [6.45, 7) is -7.14. The van der Waals surface area contributed by atoms with Gasteiger partial charge in [-0.15, -0.1) is 0 Å². The fraction of sp³-hybridized carbons (Fsp3) is 0.918. The quantitative estimate of drug-likeness (QED) is 0.0277. The number of hydrogen-bond acceptors (Lipinski definition) is 53. The van der Waals surface area contributed by atoms with E-state index in [-0.39, 0.29) is 0 Å². The molecule has 10 rings (SSSR count). The second kappa shape index (κ2) is 47.3. The van der Waals surface area contributed by atoms with Gasteiger partial charge in [0.15, 0.2) is 56.6 Å². The van der Waals surface area contributed by atoms with Crippen LogP contribution < -0.4 is 26.6 Å². The third-order valence-corrected chi connectivity index (χ3v) is 23.8. The molecule has 0 radical (unpaired) electrons. The SMILES string of the molecule is CC(=O)N[C@H]1[C@H](O[C@H]2[C@H](O)[C@@H](NC(C)=O)C(O)O[C@@H]2CO)O[C@H](CO)[C@@H](O[C@@H]2O[C@H](CO[C@H]3O[C@H](CO)[C@@H](O)[C@H](O)[C@@H]3O[C@@H]3O[C@H](CO)[C@@H](O[C@@H]4O[C@H](CO[C@]5(C(=O)O)C[C@H](O)[C@@H](NC(C)=O)[C@H]([C@H](O)[C@H](O)CO)O5)[C@H](O)[C@H](O)[C@H]4O)[C@H](O)[C@H]3NC(C)=O)[C@@H](O)[C@H](O[C@H]3O[C@H](CO)[C@@H](O)[C@H](O)[C@@H]3O[C@@H]3O[C@H](CO)[C@@H](O[C@@H]4O[C@H](CO)[C@H](O)[C@H](O)[C@H]4O)[C@H](O)[C@H]3NC(C)=O)[C@@H]2O)[C@@H]1O. The minimum Gasteiger partial charge on any atom is -0.477 e. The number of carbonyl (C=O) groups excluding carboxylic acids is 5. The Hall–Kier alpha value is -5.06. The summed E-state index contributed by atoms with van der Waals surface area (Å²) in [5.74, 6) is -9.82. The summed E-state index contributed by atoms with van der Waals surface area (Å²) in [7, 11) is 0. The van der Waals surface area contributed by atoms with Crippen LogP contribution in [-0.2, 0) is 119 Å². The highest BCUT2D eigenvalue weighted by Gasteiger charge is 2.63. The van der Waals surface area contributed by atoms with Crippen molar-refractivity contribution in [2.45, 2.75) is 353 Å². The first-order valence-electron chi connectivity index (χ1n) is 41.8. The molecule has 51 atom stereocenters. The lowest BCUT2D eigenvalue weighted by atomic mass is 9.88. The first kappa shape index (κ1) is 109. The molecule has 34 N–H and O–H groups in total. The summed E-state index contributed by atoms with van der Waals surface area (Å²) in [6.07, 6.45) is -99.2. The van der Waals surface area contributed by atoms with E-state index in [1.807, 2.05) is 0 Å². The van der Waals surface area contributed by atoms with Gasteiger partial charge in [-0.3, -0.25) is 24.0 Å². The first-order valence-corrected chi connectivity index (χ1v) is 41.8. The van der Waals surface area contributed by atoms with Crippen LogP contribution in [0.4, 0.5) is 0 Å². The van der Waals surface area contributed by atoms with Crippen LogP contribution in [0.3, 0.4) is 0 Å². The van der Waals surface area contributed by atoms with Crippen molar-refractivity contribution in [1.29, 1.82) is 0 Å². The molecule has 0 aliphatic carbocycles. The van der Waals surface area contributed by atoms with Gasteiger partial charge in [0.25, 0.3) is 5.79 Å². The third kappa shape index (κ3) is 24.1. The van der Waals surface area contributed by atoms with Crippen molar-refractivity contribution in [1.82, 2.24) is 26.6 Å². The van der Waals surface area contributed by atoms with Gasteiger partial charge < -0.3 is 265 Å². The Labute approximate surface area is 746 Å². The van der Waals surface area contributed by atoms with E-state index in [2.05, 4.69) is 26.6 Å². The summed E-state index contributed by atoms with van der Waals surface area (Å²) in [5, 5.41) is 336. The maximum absolute atomic E-state index is 13.2. The van der Waals surface area contributed by atoms with Crippen LogP contribution in [0.2, 0.25) is 0 Å². The Morgan fingerprint density at radius 2 is 0.614 bits per heavy atom. The van der Waals surface area contributed by atoms with E-state index in [9.17, 15) is 177 Å². The number of carbonyl (C=O) groups is 6. The molecule has 10 aliphatic rings. The van der Waals surface area contributed by atoms with Crippen LogP contribution in [0.5, 0.6) is 0 Å². The van der Waals surface area contributed by atoms with E-state index in [0.29, 0.717) is 0 Å². The Balaban J connectivity index is 0.953. The van der Waals surface area contributed by atoms with E-state index in [0.717, 1.165) is 34.6 Å². The molecule has 10 heterocycles. The van der Waals surface area contributed by atoms with Crippen molar-refractivity contribution in [2.24, 2.45) is 0 Å². The van der Waals surface area contributed by atoms with E-state index in [1.165, 1.54) is 0 Å². The smallest absolute Gasteiger partial charge is 0.364 e. The lowest BCUT2D eigenvalue weighted by Crippen LogP contribution is -2.71. The largest absolute Gasteiger partial charge is 0.477 e. The maximum Gasteiger partial charge on any atom is 0.364 e. The zero-order valence-electron chi connectivity index (χ0n) is 70.8. The number of ether oxygens (including phenoxy) is 19. The Morgan fingerprint density at radius 1 is 0.311 bits per heavy atom. The van der Waals surface area contributed by atoms with Gasteiger partial charge in [-0.1, -0.05) is 0 Å². The van der Waals surface area contributed by atoms with Crippen molar-refractivity contribution in [3.8, 4) is 0 Å². The fourth-order valence-corrected chi connectivity index (χ4v) is 16.9. The normalized spacial score (nSPS) is 47.2. The summed E-state index contributed by atoms with van der Waals surface area (Å²) >= 11 is 0. The molecule has 0 bridgehead atoms. The van der Waals surface area contributed by atoms with Gasteiger partial charge in [0.2, 0.25) is 29.5 Å². The molecule has 5 amide bonds. The van der Waals surface area contributed by atoms with Gasteiger partial charge in [-0.25, -0.2) is 4.79 Å². The monoisotopic (exact) mass is 1930 g/mol. The van der Waals surface area contributed by atoms with E-state index < -0.39 is 420 Å². The summed E-state index contributed by atoms with van der Waals surface area (Å²) in [4.78, 5) is 76.7. The number of aliphatic carboxylic acids is 1. The molecule has 59 nitrogen and oxygen atoms in total. The fourth-order valence-electron chi connectivity index (χ4n) is 16.9. The molecule has 0 spiro atoms. The topological polar surface area (TPSA) is 925 Å². The van der Waals surface area contributed by atoms with E-state index >= 15 is 0 Å². The highest BCUT2D eigenvalue weighted by molar-refractivity contribution is 5.77. The molecule has 10 saturated heterocycles. The maximum atomic E-state index is 13.2. The van der Waals surface area contributed by atoms with Crippen LogP contribution in [0.15, 0.2) is 0 Å². The number of hydrogen-bond donors (Lipinski definition) is 34. The molecule has 0 aromatic carbocycles. The summed E-state index contributed by atoms with van der Waals surface area (Å²) < 4.78 is 113. The van der Waals surface area contributed by atoms with Crippen LogP contribution in [0.1, 0.15) is 41.0 Å². The predicted octanol–water partition coefficient (Wildman–Crippen LogP) is -22.9. The number of aliphatic hydroxyl groups is 28. The highest BCUT2D eigenvalue weighted by Crippen LogP contribution is 2.42. The van der Waals surface area contributed by atoms with Crippen molar-refractivity contribution in [3.63, 3.8) is 0 Å². The van der Waals surface area contributed by atoms with Gasteiger partial charge in [-0.05, 0) is 0 Å². The Kier molecular flexibility index (Phi) is 39.0. The van der Waals surface area contributed by atoms with Crippen LogP contribution in [0, 0.1) is 0 Å². The zero-order chi connectivity index (χ0) is 97.6. The minimum atomic E-state index is -3.10.